The van der Waals surface area contributed by atoms with Gasteiger partial charge in [-0.3, -0.25) is 4.79 Å². The molecule has 6 nitrogen and oxygen atoms in total. The summed E-state index contributed by atoms with van der Waals surface area (Å²) in [6.07, 6.45) is 1.63. The molecule has 0 unspecified atom stereocenters. The average Bonchev–Trinajstić information content (AvgIpc) is 3.20. The zero-order valence-electron chi connectivity index (χ0n) is 16.2. The van der Waals surface area contributed by atoms with Crippen LogP contribution in [0, 0.1) is 20.8 Å². The third kappa shape index (κ3) is 4.24. The summed E-state index contributed by atoms with van der Waals surface area (Å²) in [6, 6.07) is 8.09. The molecule has 2 heterocycles. The highest BCUT2D eigenvalue weighted by Crippen LogP contribution is 2.26. The minimum Gasteiger partial charge on any atom is -0.469 e. The molecule has 7 heteroatoms. The summed E-state index contributed by atoms with van der Waals surface area (Å²) in [5.74, 6) is 1.77. The van der Waals surface area contributed by atoms with E-state index in [2.05, 4.69) is 47.6 Å². The SMILES string of the molecule is Cc1ccc([C@H](C)NC(=O)CSc2nnc(-c3ccoc3C)n2C)cc1C. The van der Waals surface area contributed by atoms with E-state index in [1.54, 1.807) is 6.26 Å². The van der Waals surface area contributed by atoms with Crippen LogP contribution in [0.4, 0.5) is 0 Å². The van der Waals surface area contributed by atoms with Gasteiger partial charge in [0.1, 0.15) is 5.76 Å². The monoisotopic (exact) mass is 384 g/mol. The predicted molar refractivity (Wildman–Crippen MR) is 107 cm³/mol. The number of aromatic nitrogens is 3. The van der Waals surface area contributed by atoms with E-state index in [4.69, 9.17) is 4.42 Å². The van der Waals surface area contributed by atoms with E-state index >= 15 is 0 Å². The molecule has 1 atom stereocenters. The van der Waals surface area contributed by atoms with E-state index in [1.165, 1.54) is 22.9 Å². The molecule has 3 aromatic rings. The first-order chi connectivity index (χ1) is 12.9. The number of nitrogens with one attached hydrogen (secondary N) is 1. The Morgan fingerprint density at radius 1 is 1.22 bits per heavy atom. The van der Waals surface area contributed by atoms with Gasteiger partial charge in [-0.2, -0.15) is 0 Å². The molecule has 3 rings (SSSR count). The Morgan fingerprint density at radius 3 is 2.67 bits per heavy atom. The van der Waals surface area contributed by atoms with Gasteiger partial charge in [0.25, 0.3) is 0 Å². The highest BCUT2D eigenvalue weighted by Gasteiger charge is 2.16. The van der Waals surface area contributed by atoms with Crippen molar-refractivity contribution in [3.8, 4) is 11.4 Å². The number of furan rings is 1. The number of carbonyl (C=O) groups is 1. The van der Waals surface area contributed by atoms with Gasteiger partial charge in [0.05, 0.1) is 23.6 Å². The Labute approximate surface area is 163 Å². The van der Waals surface area contributed by atoms with Crippen LogP contribution < -0.4 is 5.32 Å². The normalized spacial score (nSPS) is 12.2. The summed E-state index contributed by atoms with van der Waals surface area (Å²) in [5, 5.41) is 12.2. The number of hydrogen-bond acceptors (Lipinski definition) is 5. The van der Waals surface area contributed by atoms with Gasteiger partial charge in [0.2, 0.25) is 5.91 Å². The van der Waals surface area contributed by atoms with Crippen molar-refractivity contribution in [1.82, 2.24) is 20.1 Å². The molecule has 1 N–H and O–H groups in total. The van der Waals surface area contributed by atoms with Crippen LogP contribution in [-0.4, -0.2) is 26.4 Å². The van der Waals surface area contributed by atoms with Crippen LogP contribution in [-0.2, 0) is 11.8 Å². The van der Waals surface area contributed by atoms with E-state index in [0.29, 0.717) is 5.16 Å². The maximum absolute atomic E-state index is 12.3. The highest BCUT2D eigenvalue weighted by atomic mass is 32.2. The molecule has 2 aromatic heterocycles. The van der Waals surface area contributed by atoms with Gasteiger partial charge in [-0.05, 0) is 50.5 Å². The molecule has 0 radical (unpaired) electrons. The first-order valence-corrected chi connectivity index (χ1v) is 9.78. The van der Waals surface area contributed by atoms with Gasteiger partial charge in [-0.1, -0.05) is 30.0 Å². The smallest absolute Gasteiger partial charge is 0.230 e. The van der Waals surface area contributed by atoms with Crippen LogP contribution >= 0.6 is 11.8 Å². The Kier molecular flexibility index (Phi) is 5.70. The Balaban J connectivity index is 1.60. The van der Waals surface area contributed by atoms with Gasteiger partial charge < -0.3 is 14.3 Å². The first kappa shape index (κ1) is 19.2. The van der Waals surface area contributed by atoms with Crippen molar-refractivity contribution in [2.45, 2.75) is 38.9 Å². The Bertz CT molecular complexity index is 961. The van der Waals surface area contributed by atoms with Crippen LogP contribution in [0.25, 0.3) is 11.4 Å². The van der Waals surface area contributed by atoms with Crippen molar-refractivity contribution in [1.29, 1.82) is 0 Å². The molecule has 1 amide bonds. The summed E-state index contributed by atoms with van der Waals surface area (Å²) >= 11 is 1.37. The average molecular weight is 385 g/mol. The molecule has 0 aliphatic rings. The lowest BCUT2D eigenvalue weighted by atomic mass is 10.0. The molecule has 0 bridgehead atoms. The lowest BCUT2D eigenvalue weighted by molar-refractivity contribution is -0.119. The minimum absolute atomic E-state index is 0.0326. The van der Waals surface area contributed by atoms with Gasteiger partial charge in [-0.25, -0.2) is 0 Å². The summed E-state index contributed by atoms with van der Waals surface area (Å²) in [4.78, 5) is 12.3. The second-order valence-corrected chi connectivity index (χ2v) is 7.62. The Hall–Kier alpha value is -2.54. The van der Waals surface area contributed by atoms with Gasteiger partial charge in [-0.15, -0.1) is 10.2 Å². The quantitative estimate of drug-likeness (QED) is 0.651. The van der Waals surface area contributed by atoms with Gasteiger partial charge in [0.15, 0.2) is 11.0 Å². The summed E-state index contributed by atoms with van der Waals surface area (Å²) in [6.45, 7) is 8.04. The van der Waals surface area contributed by atoms with Crippen molar-refractivity contribution in [2.75, 3.05) is 5.75 Å². The molecule has 0 aliphatic carbocycles. The number of aryl methyl sites for hydroxylation is 3. The zero-order chi connectivity index (χ0) is 19.6. The van der Waals surface area contributed by atoms with Crippen molar-refractivity contribution >= 4 is 17.7 Å². The predicted octanol–water partition coefficient (Wildman–Crippen LogP) is 3.97. The van der Waals surface area contributed by atoms with Crippen LogP contribution in [0.15, 0.2) is 40.1 Å². The molecule has 0 fully saturated rings. The van der Waals surface area contributed by atoms with Crippen LogP contribution in [0.3, 0.4) is 0 Å². The molecule has 0 saturated heterocycles. The number of carbonyl (C=O) groups excluding carboxylic acids is 1. The third-order valence-electron chi connectivity index (χ3n) is 4.68. The molecular weight excluding hydrogens is 360 g/mol. The number of nitrogens with zero attached hydrogens (tertiary/aromatic N) is 3. The van der Waals surface area contributed by atoms with E-state index in [0.717, 1.165) is 22.7 Å². The van der Waals surface area contributed by atoms with Crippen molar-refractivity contribution in [3.05, 3.63) is 53.0 Å². The molecule has 0 spiro atoms. The standard InChI is InChI=1S/C20H24N4O2S/c1-12-6-7-16(10-13(12)2)14(3)21-18(25)11-27-20-23-22-19(24(20)5)17-8-9-26-15(17)4/h6-10,14H,11H2,1-5H3,(H,21,25)/t14-/m0/s1. The Morgan fingerprint density at radius 2 is 2.00 bits per heavy atom. The van der Waals surface area contributed by atoms with E-state index in [9.17, 15) is 4.79 Å². The molecule has 142 valence electrons. The van der Waals surface area contributed by atoms with Crippen LogP contribution in [0.1, 0.15) is 35.4 Å². The molecule has 0 saturated carbocycles. The topological polar surface area (TPSA) is 73.0 Å². The molecule has 27 heavy (non-hydrogen) atoms. The lowest BCUT2D eigenvalue weighted by Crippen LogP contribution is -2.28. The summed E-state index contributed by atoms with van der Waals surface area (Å²) in [7, 11) is 1.89. The second kappa shape index (κ2) is 8.00. The molecular formula is C20H24N4O2S. The maximum Gasteiger partial charge on any atom is 0.230 e. The lowest BCUT2D eigenvalue weighted by Gasteiger charge is -2.15. The zero-order valence-corrected chi connectivity index (χ0v) is 17.1. The fraction of sp³-hybridized carbons (Fsp3) is 0.350. The number of thioether (sulfide) groups is 1. The van der Waals surface area contributed by atoms with Crippen molar-refractivity contribution in [3.63, 3.8) is 0 Å². The van der Waals surface area contributed by atoms with E-state index in [-0.39, 0.29) is 17.7 Å². The number of rotatable bonds is 6. The minimum atomic E-state index is -0.0407. The molecule has 1 aromatic carbocycles. The number of benzene rings is 1. The fourth-order valence-corrected chi connectivity index (χ4v) is 3.54. The van der Waals surface area contributed by atoms with Crippen LogP contribution in [0.5, 0.6) is 0 Å². The van der Waals surface area contributed by atoms with E-state index in [1.807, 2.05) is 31.5 Å². The number of amides is 1. The van der Waals surface area contributed by atoms with Gasteiger partial charge >= 0.3 is 0 Å². The second-order valence-electron chi connectivity index (χ2n) is 6.68. The third-order valence-corrected chi connectivity index (χ3v) is 5.70. The first-order valence-electron chi connectivity index (χ1n) is 8.80. The molecule has 0 aliphatic heterocycles. The fourth-order valence-electron chi connectivity index (χ4n) is 2.82. The summed E-state index contributed by atoms with van der Waals surface area (Å²) in [5.41, 5.74) is 4.49. The number of hydrogen-bond donors (Lipinski definition) is 1. The van der Waals surface area contributed by atoms with Gasteiger partial charge in [0, 0.05) is 7.05 Å². The van der Waals surface area contributed by atoms with Crippen LogP contribution in [0.2, 0.25) is 0 Å². The van der Waals surface area contributed by atoms with Crippen molar-refractivity contribution < 1.29 is 9.21 Å². The van der Waals surface area contributed by atoms with Crippen molar-refractivity contribution in [2.24, 2.45) is 7.05 Å². The maximum atomic E-state index is 12.3. The summed E-state index contributed by atoms with van der Waals surface area (Å²) < 4.78 is 7.21. The largest absolute Gasteiger partial charge is 0.469 e. The highest BCUT2D eigenvalue weighted by molar-refractivity contribution is 7.99. The van der Waals surface area contributed by atoms with E-state index < -0.39 is 0 Å².